The largest absolute Gasteiger partial charge is 0.314 e. The van der Waals surface area contributed by atoms with Gasteiger partial charge in [-0.15, -0.1) is 0 Å². The number of nitrogens with zero attached hydrogens (tertiary/aromatic N) is 1. The molecule has 1 aliphatic heterocycles. The fraction of sp³-hybridized carbons (Fsp3) is 1.00. The van der Waals surface area contributed by atoms with Crippen molar-refractivity contribution < 1.29 is 0 Å². The first kappa shape index (κ1) is 18.0. The van der Waals surface area contributed by atoms with E-state index in [9.17, 15) is 0 Å². The van der Waals surface area contributed by atoms with Crippen molar-refractivity contribution in [1.82, 2.24) is 10.2 Å². The third-order valence-corrected chi connectivity index (χ3v) is 5.64. The highest BCUT2D eigenvalue weighted by atomic mass is 15.2. The molecule has 0 aromatic heterocycles. The van der Waals surface area contributed by atoms with Crippen LogP contribution in [0, 0.1) is 17.3 Å². The van der Waals surface area contributed by atoms with E-state index in [2.05, 4.69) is 58.7 Å². The molecule has 20 heavy (non-hydrogen) atoms. The Morgan fingerprint density at radius 1 is 1.15 bits per heavy atom. The highest BCUT2D eigenvalue weighted by Gasteiger charge is 2.35. The zero-order valence-electron chi connectivity index (χ0n) is 15.0. The van der Waals surface area contributed by atoms with Crippen LogP contribution in [0.25, 0.3) is 0 Å². The number of hydrogen-bond donors (Lipinski definition) is 1. The van der Waals surface area contributed by atoms with E-state index in [4.69, 9.17) is 0 Å². The summed E-state index contributed by atoms with van der Waals surface area (Å²) in [6.45, 7) is 20.2. The first-order valence-electron chi connectivity index (χ1n) is 8.81. The summed E-state index contributed by atoms with van der Waals surface area (Å²) in [6, 6.07) is 1.33. The van der Waals surface area contributed by atoms with Crippen LogP contribution in [0.1, 0.15) is 67.7 Å². The van der Waals surface area contributed by atoms with Crippen molar-refractivity contribution in [2.75, 3.05) is 19.6 Å². The summed E-state index contributed by atoms with van der Waals surface area (Å²) in [6.07, 6.45) is 3.94. The molecule has 0 aromatic rings. The van der Waals surface area contributed by atoms with E-state index < -0.39 is 0 Å². The molecule has 2 heteroatoms. The van der Waals surface area contributed by atoms with Crippen molar-refractivity contribution in [3.63, 3.8) is 0 Å². The monoisotopic (exact) mass is 282 g/mol. The third-order valence-electron chi connectivity index (χ3n) is 5.64. The van der Waals surface area contributed by atoms with Gasteiger partial charge in [-0.25, -0.2) is 0 Å². The van der Waals surface area contributed by atoms with E-state index in [1.54, 1.807) is 0 Å². The first-order valence-corrected chi connectivity index (χ1v) is 8.81. The van der Waals surface area contributed by atoms with Crippen molar-refractivity contribution in [2.45, 2.75) is 79.8 Å². The van der Waals surface area contributed by atoms with Crippen LogP contribution in [0.4, 0.5) is 0 Å². The molecule has 0 aromatic carbocycles. The molecule has 1 N–H and O–H groups in total. The Hall–Kier alpha value is -0.0800. The molecule has 1 aliphatic rings. The van der Waals surface area contributed by atoms with Gasteiger partial charge in [-0.2, -0.15) is 0 Å². The molecule has 0 aliphatic carbocycles. The Labute approximate surface area is 127 Å². The molecule has 2 nitrogen and oxygen atoms in total. The fourth-order valence-electron chi connectivity index (χ4n) is 3.67. The lowest BCUT2D eigenvalue weighted by molar-refractivity contribution is 0.0314. The molecule has 0 radical (unpaired) electrons. The van der Waals surface area contributed by atoms with Gasteiger partial charge in [0.25, 0.3) is 0 Å². The van der Waals surface area contributed by atoms with Crippen LogP contribution in [-0.4, -0.2) is 36.6 Å². The molecular formula is C18H38N2. The van der Waals surface area contributed by atoms with E-state index in [0.717, 1.165) is 24.4 Å². The van der Waals surface area contributed by atoms with Gasteiger partial charge in [-0.05, 0) is 43.4 Å². The van der Waals surface area contributed by atoms with Crippen LogP contribution in [0.5, 0.6) is 0 Å². The number of piperidine rings is 1. The number of rotatable bonds is 7. The van der Waals surface area contributed by atoms with Gasteiger partial charge in [0.1, 0.15) is 0 Å². The fourth-order valence-corrected chi connectivity index (χ4v) is 3.67. The molecule has 0 spiro atoms. The van der Waals surface area contributed by atoms with E-state index in [0.29, 0.717) is 11.5 Å². The molecule has 0 amide bonds. The maximum Gasteiger partial charge on any atom is 0.00930 e. The second-order valence-electron chi connectivity index (χ2n) is 7.73. The predicted molar refractivity (Wildman–Crippen MR) is 90.1 cm³/mol. The van der Waals surface area contributed by atoms with Gasteiger partial charge in [0, 0.05) is 31.7 Å². The average molecular weight is 283 g/mol. The summed E-state index contributed by atoms with van der Waals surface area (Å²) in [5.74, 6) is 1.69. The van der Waals surface area contributed by atoms with E-state index >= 15 is 0 Å². The Morgan fingerprint density at radius 3 is 2.25 bits per heavy atom. The third kappa shape index (κ3) is 4.73. The second kappa shape index (κ2) is 7.79. The SMILES string of the molecule is CCC(CC)(CNC(C)C)CN1CC(C)CC(C)C1C. The molecule has 0 saturated carbocycles. The average Bonchev–Trinajstić information content (AvgIpc) is 2.40. The zero-order valence-corrected chi connectivity index (χ0v) is 15.0. The minimum Gasteiger partial charge on any atom is -0.314 e. The van der Waals surface area contributed by atoms with E-state index in [1.807, 2.05) is 0 Å². The Balaban J connectivity index is 2.72. The molecule has 1 fully saturated rings. The smallest absolute Gasteiger partial charge is 0.00930 e. The van der Waals surface area contributed by atoms with Crippen LogP contribution in [0.2, 0.25) is 0 Å². The van der Waals surface area contributed by atoms with Crippen LogP contribution < -0.4 is 5.32 Å². The topological polar surface area (TPSA) is 15.3 Å². The maximum absolute atomic E-state index is 3.69. The van der Waals surface area contributed by atoms with Crippen molar-refractivity contribution in [3.8, 4) is 0 Å². The lowest BCUT2D eigenvalue weighted by atomic mass is 9.78. The molecule has 1 heterocycles. The van der Waals surface area contributed by atoms with Gasteiger partial charge in [-0.1, -0.05) is 41.5 Å². The Kier molecular flexibility index (Phi) is 7.00. The van der Waals surface area contributed by atoms with Crippen LogP contribution in [0.15, 0.2) is 0 Å². The highest BCUT2D eigenvalue weighted by Crippen LogP contribution is 2.33. The van der Waals surface area contributed by atoms with E-state index in [-0.39, 0.29) is 0 Å². The lowest BCUT2D eigenvalue weighted by Gasteiger charge is -2.46. The van der Waals surface area contributed by atoms with Gasteiger partial charge in [-0.3, -0.25) is 4.90 Å². The molecular weight excluding hydrogens is 244 g/mol. The van der Waals surface area contributed by atoms with Crippen LogP contribution >= 0.6 is 0 Å². The molecule has 120 valence electrons. The van der Waals surface area contributed by atoms with Crippen molar-refractivity contribution in [1.29, 1.82) is 0 Å². The van der Waals surface area contributed by atoms with Crippen LogP contribution in [-0.2, 0) is 0 Å². The second-order valence-corrected chi connectivity index (χ2v) is 7.73. The summed E-state index contributed by atoms with van der Waals surface area (Å²) < 4.78 is 0. The van der Waals surface area contributed by atoms with Crippen molar-refractivity contribution in [2.24, 2.45) is 17.3 Å². The van der Waals surface area contributed by atoms with Crippen molar-refractivity contribution in [3.05, 3.63) is 0 Å². The first-order chi connectivity index (χ1) is 9.33. The highest BCUT2D eigenvalue weighted by molar-refractivity contribution is 4.89. The number of nitrogens with one attached hydrogen (secondary N) is 1. The van der Waals surface area contributed by atoms with E-state index in [1.165, 1.54) is 32.4 Å². The number of hydrogen-bond acceptors (Lipinski definition) is 2. The summed E-state index contributed by atoms with van der Waals surface area (Å²) >= 11 is 0. The minimum atomic E-state index is 0.440. The van der Waals surface area contributed by atoms with Gasteiger partial charge in [0.15, 0.2) is 0 Å². The van der Waals surface area contributed by atoms with Gasteiger partial charge in [0.2, 0.25) is 0 Å². The summed E-state index contributed by atoms with van der Waals surface area (Å²) in [5.41, 5.74) is 0.440. The summed E-state index contributed by atoms with van der Waals surface area (Å²) in [5, 5.41) is 3.69. The van der Waals surface area contributed by atoms with Gasteiger partial charge in [0.05, 0.1) is 0 Å². The molecule has 1 rings (SSSR count). The Morgan fingerprint density at radius 2 is 1.75 bits per heavy atom. The normalized spacial score (nSPS) is 29.1. The maximum atomic E-state index is 3.69. The quantitative estimate of drug-likeness (QED) is 0.754. The number of likely N-dealkylation sites (tertiary alicyclic amines) is 1. The lowest BCUT2D eigenvalue weighted by Crippen LogP contribution is -2.52. The molecule has 0 bridgehead atoms. The zero-order chi connectivity index (χ0) is 15.3. The standard InChI is InChI=1S/C18H38N2/c1-8-18(9-2,12-19-14(3)4)13-20-11-15(5)10-16(6)17(20)7/h14-17,19H,8-13H2,1-7H3. The summed E-state index contributed by atoms with van der Waals surface area (Å²) in [4.78, 5) is 2.77. The van der Waals surface area contributed by atoms with Crippen LogP contribution in [0.3, 0.4) is 0 Å². The predicted octanol–water partition coefficient (Wildman–Crippen LogP) is 4.16. The summed E-state index contributed by atoms with van der Waals surface area (Å²) in [7, 11) is 0. The molecule has 3 unspecified atom stereocenters. The minimum absolute atomic E-state index is 0.440. The Bertz CT molecular complexity index is 271. The molecule has 1 saturated heterocycles. The van der Waals surface area contributed by atoms with Gasteiger partial charge >= 0.3 is 0 Å². The van der Waals surface area contributed by atoms with Crippen molar-refractivity contribution >= 4 is 0 Å². The van der Waals surface area contributed by atoms with Gasteiger partial charge < -0.3 is 5.32 Å². The molecule has 3 atom stereocenters.